The van der Waals surface area contributed by atoms with E-state index in [-0.39, 0.29) is 5.69 Å². The normalized spacial score (nSPS) is 10.9. The number of aromatic nitrogens is 2. The molecule has 0 spiro atoms. The minimum atomic E-state index is -0.430. The maximum atomic E-state index is 13.1. The van der Waals surface area contributed by atoms with E-state index in [2.05, 4.69) is 39.9 Å². The molecule has 5 aromatic rings. The quantitative estimate of drug-likeness (QED) is 0.194. The molecule has 5 rings (SSSR count). The lowest BCUT2D eigenvalue weighted by Gasteiger charge is -2.09. The zero-order chi connectivity index (χ0) is 27.2. The predicted octanol–water partition coefficient (Wildman–Crippen LogP) is 6.30. The standard InChI is InChI=1S/C32H28N4O3/c1-22-9-15-27(16-10-22)36-30(25-13-11-24(12-14-25)23-7-5-4-6-8-23)20-29(35-36)32(37)34-33-21-26-19-28(38-2)17-18-31(26)39-3/h4-21H,1-3H3,(H,34,37)/b33-21-. The molecule has 194 valence electrons. The van der Waals surface area contributed by atoms with Crippen LogP contribution in [0.2, 0.25) is 0 Å². The van der Waals surface area contributed by atoms with Gasteiger partial charge in [0.2, 0.25) is 0 Å². The van der Waals surface area contributed by atoms with E-state index < -0.39 is 5.91 Å². The van der Waals surface area contributed by atoms with Crippen molar-refractivity contribution >= 4 is 12.1 Å². The zero-order valence-electron chi connectivity index (χ0n) is 22.0. The lowest BCUT2D eigenvalue weighted by atomic mass is 10.0. The third-order valence-electron chi connectivity index (χ3n) is 6.31. The van der Waals surface area contributed by atoms with E-state index in [9.17, 15) is 4.79 Å². The molecule has 1 amide bonds. The van der Waals surface area contributed by atoms with Crippen molar-refractivity contribution in [2.45, 2.75) is 6.92 Å². The molecule has 0 radical (unpaired) electrons. The molecule has 0 aliphatic heterocycles. The van der Waals surface area contributed by atoms with E-state index in [1.807, 2.05) is 61.5 Å². The van der Waals surface area contributed by atoms with E-state index in [0.29, 0.717) is 17.1 Å². The summed E-state index contributed by atoms with van der Waals surface area (Å²) >= 11 is 0. The molecule has 0 fully saturated rings. The van der Waals surface area contributed by atoms with E-state index >= 15 is 0 Å². The number of hydrogen-bond donors (Lipinski definition) is 1. The highest BCUT2D eigenvalue weighted by Crippen LogP contribution is 2.28. The van der Waals surface area contributed by atoms with Crippen LogP contribution in [0.1, 0.15) is 21.6 Å². The van der Waals surface area contributed by atoms with Crippen LogP contribution in [0.5, 0.6) is 11.5 Å². The van der Waals surface area contributed by atoms with Crippen LogP contribution >= 0.6 is 0 Å². The van der Waals surface area contributed by atoms with Gasteiger partial charge in [-0.3, -0.25) is 4.79 Å². The molecule has 39 heavy (non-hydrogen) atoms. The lowest BCUT2D eigenvalue weighted by molar-refractivity contribution is 0.0949. The number of rotatable bonds is 8. The topological polar surface area (TPSA) is 77.7 Å². The summed E-state index contributed by atoms with van der Waals surface area (Å²) < 4.78 is 12.4. The Morgan fingerprint density at radius 3 is 2.21 bits per heavy atom. The molecule has 0 atom stereocenters. The third-order valence-corrected chi connectivity index (χ3v) is 6.31. The van der Waals surface area contributed by atoms with Crippen molar-refractivity contribution < 1.29 is 14.3 Å². The Morgan fingerprint density at radius 1 is 0.821 bits per heavy atom. The second-order valence-corrected chi connectivity index (χ2v) is 8.91. The molecular formula is C32H28N4O3. The first-order chi connectivity index (χ1) is 19.1. The van der Waals surface area contributed by atoms with Gasteiger partial charge in [-0.05, 0) is 54.4 Å². The maximum absolute atomic E-state index is 13.1. The van der Waals surface area contributed by atoms with Crippen LogP contribution in [0.4, 0.5) is 0 Å². The highest BCUT2D eigenvalue weighted by molar-refractivity contribution is 5.94. The number of carbonyl (C=O) groups is 1. The van der Waals surface area contributed by atoms with Crippen molar-refractivity contribution in [3.05, 3.63) is 120 Å². The minimum Gasteiger partial charge on any atom is -0.497 e. The number of nitrogens with one attached hydrogen (secondary N) is 1. The summed E-state index contributed by atoms with van der Waals surface area (Å²) in [6.07, 6.45) is 1.51. The Hall–Kier alpha value is -5.17. The third kappa shape index (κ3) is 5.72. The van der Waals surface area contributed by atoms with Gasteiger partial charge in [-0.2, -0.15) is 10.2 Å². The lowest BCUT2D eigenvalue weighted by Crippen LogP contribution is -2.18. The Kier molecular flexibility index (Phi) is 7.50. The summed E-state index contributed by atoms with van der Waals surface area (Å²) in [5, 5.41) is 8.77. The van der Waals surface area contributed by atoms with Gasteiger partial charge in [-0.15, -0.1) is 0 Å². The molecule has 1 heterocycles. The van der Waals surface area contributed by atoms with Crippen molar-refractivity contribution in [3.63, 3.8) is 0 Å². The molecular weight excluding hydrogens is 488 g/mol. The van der Waals surface area contributed by atoms with Crippen molar-refractivity contribution in [1.82, 2.24) is 15.2 Å². The Balaban J connectivity index is 1.45. The fourth-order valence-corrected chi connectivity index (χ4v) is 4.20. The second-order valence-electron chi connectivity index (χ2n) is 8.91. The molecule has 0 aliphatic rings. The van der Waals surface area contributed by atoms with Crippen molar-refractivity contribution in [2.75, 3.05) is 14.2 Å². The molecule has 7 heteroatoms. The number of aryl methyl sites for hydroxylation is 1. The van der Waals surface area contributed by atoms with Crippen molar-refractivity contribution in [2.24, 2.45) is 5.10 Å². The first-order valence-corrected chi connectivity index (χ1v) is 12.4. The van der Waals surface area contributed by atoms with Crippen LogP contribution in [0.25, 0.3) is 28.1 Å². The molecule has 0 saturated heterocycles. The van der Waals surface area contributed by atoms with Crippen molar-refractivity contribution in [1.29, 1.82) is 0 Å². The highest BCUT2D eigenvalue weighted by Gasteiger charge is 2.17. The Bertz CT molecular complexity index is 1610. The number of benzene rings is 4. The van der Waals surface area contributed by atoms with Crippen LogP contribution < -0.4 is 14.9 Å². The monoisotopic (exact) mass is 516 g/mol. The second kappa shape index (κ2) is 11.5. The van der Waals surface area contributed by atoms with Crippen LogP contribution in [-0.2, 0) is 0 Å². The zero-order valence-corrected chi connectivity index (χ0v) is 22.0. The summed E-state index contributed by atoms with van der Waals surface area (Å²) in [7, 11) is 3.16. The highest BCUT2D eigenvalue weighted by atomic mass is 16.5. The minimum absolute atomic E-state index is 0.243. The number of nitrogens with zero attached hydrogens (tertiary/aromatic N) is 3. The predicted molar refractivity (Wildman–Crippen MR) is 154 cm³/mol. The first-order valence-electron chi connectivity index (χ1n) is 12.4. The average molecular weight is 517 g/mol. The Morgan fingerprint density at radius 2 is 1.51 bits per heavy atom. The van der Waals surface area contributed by atoms with Gasteiger partial charge >= 0.3 is 0 Å². The molecule has 1 N–H and O–H groups in total. The molecule has 0 unspecified atom stereocenters. The molecule has 0 aliphatic carbocycles. The van der Waals surface area contributed by atoms with Gasteiger partial charge in [-0.1, -0.05) is 72.3 Å². The van der Waals surface area contributed by atoms with Gasteiger partial charge < -0.3 is 9.47 Å². The van der Waals surface area contributed by atoms with Gasteiger partial charge in [0.1, 0.15) is 11.5 Å². The number of hydrogen-bond acceptors (Lipinski definition) is 5. The number of methoxy groups -OCH3 is 2. The van der Waals surface area contributed by atoms with Gasteiger partial charge in [0.05, 0.1) is 31.8 Å². The van der Waals surface area contributed by atoms with E-state index in [4.69, 9.17) is 9.47 Å². The summed E-state index contributed by atoms with van der Waals surface area (Å²) in [5.41, 5.74) is 9.46. The number of amides is 1. The largest absolute Gasteiger partial charge is 0.497 e. The number of carbonyl (C=O) groups excluding carboxylic acids is 1. The van der Waals surface area contributed by atoms with Gasteiger partial charge in [0.15, 0.2) is 5.69 Å². The molecule has 1 aromatic heterocycles. The van der Waals surface area contributed by atoms with E-state index in [0.717, 1.165) is 33.6 Å². The average Bonchev–Trinajstić information content (AvgIpc) is 3.43. The van der Waals surface area contributed by atoms with Gasteiger partial charge in [-0.25, -0.2) is 10.1 Å². The van der Waals surface area contributed by atoms with Crippen LogP contribution in [0.15, 0.2) is 108 Å². The van der Waals surface area contributed by atoms with Crippen molar-refractivity contribution in [3.8, 4) is 39.6 Å². The summed E-state index contributed by atoms with van der Waals surface area (Å²) in [5.74, 6) is 0.836. The Labute approximate surface area is 227 Å². The van der Waals surface area contributed by atoms with Crippen LogP contribution in [0.3, 0.4) is 0 Å². The smallest absolute Gasteiger partial charge is 0.291 e. The van der Waals surface area contributed by atoms with E-state index in [1.54, 1.807) is 43.2 Å². The van der Waals surface area contributed by atoms with Gasteiger partial charge in [0, 0.05) is 11.1 Å². The first kappa shape index (κ1) is 25.5. The van der Waals surface area contributed by atoms with Crippen LogP contribution in [-0.4, -0.2) is 36.1 Å². The molecule has 4 aromatic carbocycles. The SMILES string of the molecule is COc1ccc(OC)c(/C=N\NC(=O)c2cc(-c3ccc(-c4ccccc4)cc3)n(-c3ccc(C)cc3)n2)c1. The van der Waals surface area contributed by atoms with E-state index in [1.165, 1.54) is 6.21 Å². The molecule has 0 saturated carbocycles. The number of hydrazone groups is 1. The maximum Gasteiger partial charge on any atom is 0.291 e. The molecule has 0 bridgehead atoms. The summed E-state index contributed by atoms with van der Waals surface area (Å²) in [4.78, 5) is 13.1. The summed E-state index contributed by atoms with van der Waals surface area (Å²) in [6, 6.07) is 33.6. The van der Waals surface area contributed by atoms with Gasteiger partial charge in [0.25, 0.3) is 5.91 Å². The summed E-state index contributed by atoms with van der Waals surface area (Å²) in [6.45, 7) is 2.03. The fraction of sp³-hybridized carbons (Fsp3) is 0.0938. The fourth-order valence-electron chi connectivity index (χ4n) is 4.20. The van der Waals surface area contributed by atoms with Crippen LogP contribution in [0, 0.1) is 6.92 Å². The number of ether oxygens (including phenoxy) is 2. The molecule has 7 nitrogen and oxygen atoms in total.